The molecule has 1 aliphatic rings. The van der Waals surface area contributed by atoms with Gasteiger partial charge >= 0.3 is 0 Å². The monoisotopic (exact) mass is 469 g/mol. The summed E-state index contributed by atoms with van der Waals surface area (Å²) >= 11 is 1.30. The van der Waals surface area contributed by atoms with Crippen LogP contribution in [0.3, 0.4) is 0 Å². The molecule has 8 heteroatoms. The zero-order valence-electron chi connectivity index (χ0n) is 18.8. The molecular formula is C26H23N5O2S. The number of para-hydroxylation sites is 1. The van der Waals surface area contributed by atoms with Crippen LogP contribution < -0.4 is 19.5 Å². The summed E-state index contributed by atoms with van der Waals surface area (Å²) in [7, 11) is 1.62. The molecule has 2 aromatic carbocycles. The minimum absolute atomic E-state index is 0.176. The molecule has 5 rings (SSSR count). The summed E-state index contributed by atoms with van der Waals surface area (Å²) in [6.07, 6.45) is 5.89. The van der Waals surface area contributed by atoms with Crippen LogP contribution in [-0.2, 0) is 13.0 Å². The molecule has 4 aromatic rings. The van der Waals surface area contributed by atoms with Crippen molar-refractivity contribution in [1.82, 2.24) is 19.3 Å². The van der Waals surface area contributed by atoms with E-state index in [1.165, 1.54) is 11.3 Å². The molecule has 3 heterocycles. The van der Waals surface area contributed by atoms with Crippen molar-refractivity contribution in [1.29, 1.82) is 5.26 Å². The number of ether oxygens (including phenoxy) is 1. The molecule has 7 nitrogen and oxygen atoms in total. The number of hydrogen-bond donors (Lipinski definition) is 0. The number of aromatic nitrogens is 4. The van der Waals surface area contributed by atoms with Crippen LogP contribution in [-0.4, -0.2) is 26.4 Å². The number of hydrogen-bond acceptors (Lipinski definition) is 6. The highest BCUT2D eigenvalue weighted by atomic mass is 32.1. The van der Waals surface area contributed by atoms with Crippen LogP contribution in [0.1, 0.15) is 36.5 Å². The predicted octanol–water partition coefficient (Wildman–Crippen LogP) is 2.78. The van der Waals surface area contributed by atoms with E-state index in [2.05, 4.69) is 16.3 Å². The molecule has 1 aliphatic heterocycles. The molecule has 0 N–H and O–H groups in total. The smallest absolute Gasteiger partial charge is 0.273 e. The average Bonchev–Trinajstić information content (AvgIpc) is 3.31. The Kier molecular flexibility index (Phi) is 6.11. The van der Waals surface area contributed by atoms with Crippen LogP contribution in [0.15, 0.2) is 59.4 Å². The Morgan fingerprint density at radius 1 is 1.09 bits per heavy atom. The maximum atomic E-state index is 13.6. The number of aryl methyl sites for hydroxylation is 1. The average molecular weight is 470 g/mol. The van der Waals surface area contributed by atoms with Crippen molar-refractivity contribution in [2.24, 2.45) is 0 Å². The Bertz CT molecular complexity index is 1540. The van der Waals surface area contributed by atoms with Crippen molar-refractivity contribution in [3.05, 3.63) is 91.4 Å². The van der Waals surface area contributed by atoms with Crippen LogP contribution in [0.25, 0.3) is 17.3 Å². The molecule has 0 atom stereocenters. The van der Waals surface area contributed by atoms with Gasteiger partial charge in [-0.15, -0.1) is 21.5 Å². The van der Waals surface area contributed by atoms with Crippen LogP contribution in [0.2, 0.25) is 0 Å². The number of nitrogens with zero attached hydrogens (tertiary/aromatic N) is 5. The van der Waals surface area contributed by atoms with E-state index in [0.717, 1.165) is 49.4 Å². The molecule has 0 unspecified atom stereocenters. The van der Waals surface area contributed by atoms with Gasteiger partial charge in [0.2, 0.25) is 0 Å². The van der Waals surface area contributed by atoms with Crippen molar-refractivity contribution in [2.75, 3.05) is 7.11 Å². The van der Waals surface area contributed by atoms with Crippen LogP contribution in [0.5, 0.6) is 5.75 Å². The summed E-state index contributed by atoms with van der Waals surface area (Å²) in [6.45, 7) is 0.772. The summed E-state index contributed by atoms with van der Waals surface area (Å²) in [5, 5.41) is 19.0. The zero-order chi connectivity index (χ0) is 23.5. The fourth-order valence-corrected chi connectivity index (χ4v) is 5.28. The summed E-state index contributed by atoms with van der Waals surface area (Å²) in [5.41, 5.74) is 1.77. The van der Waals surface area contributed by atoms with E-state index in [9.17, 15) is 10.1 Å². The summed E-state index contributed by atoms with van der Waals surface area (Å²) in [4.78, 5) is 13.6. The zero-order valence-corrected chi connectivity index (χ0v) is 19.6. The van der Waals surface area contributed by atoms with Gasteiger partial charge in [-0.3, -0.25) is 9.36 Å². The lowest BCUT2D eigenvalue weighted by Gasteiger charge is -2.07. The van der Waals surface area contributed by atoms with Gasteiger partial charge in [-0.05, 0) is 48.7 Å². The second-order valence-electron chi connectivity index (χ2n) is 8.05. The van der Waals surface area contributed by atoms with Crippen LogP contribution in [0, 0.1) is 11.3 Å². The van der Waals surface area contributed by atoms with E-state index in [1.807, 2.05) is 65.2 Å². The molecule has 0 spiro atoms. The maximum absolute atomic E-state index is 13.6. The SMILES string of the molecule is COc1ccc(C=c2sc(=C(C#N)c3nnc4n3CCCCC4)n(-c3ccccc3)c2=O)cc1. The highest BCUT2D eigenvalue weighted by Gasteiger charge is 2.21. The fourth-order valence-electron chi connectivity index (χ4n) is 4.18. The van der Waals surface area contributed by atoms with Gasteiger partial charge in [0.25, 0.3) is 5.56 Å². The summed E-state index contributed by atoms with van der Waals surface area (Å²) in [6, 6.07) is 19.2. The Balaban J connectivity index is 1.79. The normalized spacial score (nSPS) is 14.8. The molecule has 34 heavy (non-hydrogen) atoms. The number of benzene rings is 2. The van der Waals surface area contributed by atoms with Crippen molar-refractivity contribution >= 4 is 23.0 Å². The van der Waals surface area contributed by atoms with Gasteiger partial charge in [0.05, 0.1) is 17.3 Å². The third-order valence-electron chi connectivity index (χ3n) is 5.91. The van der Waals surface area contributed by atoms with Gasteiger partial charge < -0.3 is 9.30 Å². The van der Waals surface area contributed by atoms with Gasteiger partial charge in [0.15, 0.2) is 5.82 Å². The molecule has 0 bridgehead atoms. The minimum Gasteiger partial charge on any atom is -0.497 e. The fraction of sp³-hybridized carbons (Fsp3) is 0.231. The topological polar surface area (TPSA) is 85.7 Å². The van der Waals surface area contributed by atoms with Crippen molar-refractivity contribution in [3.8, 4) is 17.5 Å². The molecule has 0 fully saturated rings. The Labute approximate surface area is 200 Å². The van der Waals surface area contributed by atoms with E-state index in [4.69, 9.17) is 4.74 Å². The van der Waals surface area contributed by atoms with Crippen molar-refractivity contribution in [2.45, 2.75) is 32.2 Å². The maximum Gasteiger partial charge on any atom is 0.273 e. The van der Waals surface area contributed by atoms with Gasteiger partial charge in [-0.1, -0.05) is 36.8 Å². The highest BCUT2D eigenvalue weighted by molar-refractivity contribution is 7.07. The summed E-state index contributed by atoms with van der Waals surface area (Å²) in [5.74, 6) is 2.18. The molecule has 0 saturated carbocycles. The molecule has 2 aromatic heterocycles. The first-order valence-corrected chi connectivity index (χ1v) is 12.0. The van der Waals surface area contributed by atoms with Crippen LogP contribution in [0.4, 0.5) is 0 Å². The van der Waals surface area contributed by atoms with Crippen molar-refractivity contribution < 1.29 is 4.74 Å². The van der Waals surface area contributed by atoms with E-state index >= 15 is 0 Å². The second-order valence-corrected chi connectivity index (χ2v) is 9.08. The number of fused-ring (bicyclic) bond motifs is 1. The Morgan fingerprint density at radius 2 is 1.88 bits per heavy atom. The predicted molar refractivity (Wildman–Crippen MR) is 131 cm³/mol. The third kappa shape index (κ3) is 4.06. The molecule has 0 radical (unpaired) electrons. The first-order chi connectivity index (χ1) is 16.7. The second kappa shape index (κ2) is 9.49. The van der Waals surface area contributed by atoms with E-state index in [0.29, 0.717) is 26.3 Å². The first-order valence-electron chi connectivity index (χ1n) is 11.2. The lowest BCUT2D eigenvalue weighted by molar-refractivity contribution is 0.415. The van der Waals surface area contributed by atoms with E-state index in [1.54, 1.807) is 11.7 Å². The summed E-state index contributed by atoms with van der Waals surface area (Å²) < 4.78 is 9.97. The van der Waals surface area contributed by atoms with E-state index in [-0.39, 0.29) is 5.56 Å². The lowest BCUT2D eigenvalue weighted by atomic mass is 10.2. The lowest BCUT2D eigenvalue weighted by Crippen LogP contribution is -2.31. The first kappa shape index (κ1) is 21.9. The number of methoxy groups -OCH3 is 1. The van der Waals surface area contributed by atoms with Crippen molar-refractivity contribution in [3.63, 3.8) is 0 Å². The molecule has 0 saturated heterocycles. The Morgan fingerprint density at radius 3 is 2.62 bits per heavy atom. The molecule has 170 valence electrons. The van der Waals surface area contributed by atoms with Gasteiger partial charge in [0, 0.05) is 13.0 Å². The van der Waals surface area contributed by atoms with Crippen LogP contribution >= 0.6 is 11.3 Å². The number of nitriles is 1. The van der Waals surface area contributed by atoms with E-state index < -0.39 is 0 Å². The third-order valence-corrected chi connectivity index (χ3v) is 7.00. The quantitative estimate of drug-likeness (QED) is 0.459. The minimum atomic E-state index is -0.176. The number of rotatable bonds is 4. The van der Waals surface area contributed by atoms with Gasteiger partial charge in [-0.25, -0.2) is 0 Å². The van der Waals surface area contributed by atoms with Gasteiger partial charge in [-0.2, -0.15) is 5.26 Å². The Hall–Kier alpha value is -3.96. The molecular weight excluding hydrogens is 446 g/mol. The standard InChI is InChI=1S/C26H23N5O2S/c1-33-20-13-11-18(12-14-20)16-22-25(32)31(19-8-4-2-5-9-19)26(34-22)21(17-27)24-29-28-23-10-6-3-7-15-30(23)24/h2,4-5,8-9,11-14,16H,3,6-7,10,15H2,1H3. The van der Waals surface area contributed by atoms with Gasteiger partial charge in [0.1, 0.15) is 27.9 Å². The molecule has 0 aliphatic carbocycles. The highest BCUT2D eigenvalue weighted by Crippen LogP contribution is 2.18. The largest absolute Gasteiger partial charge is 0.497 e. The molecule has 0 amide bonds. The number of thiazole rings is 1.